The molecule has 0 aromatic rings. The number of esters is 3. The topological polar surface area (TPSA) is 208 Å². The van der Waals surface area contributed by atoms with E-state index >= 15 is 0 Å². The molecule has 14 nitrogen and oxygen atoms in total. The summed E-state index contributed by atoms with van der Waals surface area (Å²) in [7, 11) is 0. The Labute approximate surface area is 271 Å². The minimum absolute atomic E-state index is 0.00496. The van der Waals surface area contributed by atoms with Gasteiger partial charge in [-0.15, -0.1) is 0 Å². The Bertz CT molecular complexity index is 928. The Kier molecular flexibility index (Phi) is 17.3. The van der Waals surface area contributed by atoms with Gasteiger partial charge in [-0.1, -0.05) is 86.0 Å². The lowest BCUT2D eigenvalue weighted by molar-refractivity contribution is -0.384. The first-order valence-electron chi connectivity index (χ1n) is 16.7. The molecule has 14 heteroatoms. The number of aliphatic hydroxyl groups is 5. The van der Waals surface area contributed by atoms with Gasteiger partial charge >= 0.3 is 17.9 Å². The van der Waals surface area contributed by atoms with Crippen LogP contribution in [-0.4, -0.2) is 118 Å². The summed E-state index contributed by atoms with van der Waals surface area (Å²) in [6.45, 7) is 5.85. The van der Waals surface area contributed by atoms with Gasteiger partial charge in [0.1, 0.15) is 31.0 Å². The minimum Gasteiger partial charge on any atom is -0.455 e. The molecule has 0 bridgehead atoms. The van der Waals surface area contributed by atoms with E-state index in [1.807, 2.05) is 0 Å². The zero-order valence-electron chi connectivity index (χ0n) is 27.9. The molecule has 0 spiro atoms. The van der Waals surface area contributed by atoms with Crippen LogP contribution >= 0.6 is 0 Å². The fourth-order valence-corrected chi connectivity index (χ4v) is 5.33. The van der Waals surface area contributed by atoms with Crippen molar-refractivity contribution in [2.24, 2.45) is 11.8 Å². The molecule has 46 heavy (non-hydrogen) atoms. The highest BCUT2D eigenvalue weighted by Gasteiger charge is 2.62. The highest BCUT2D eigenvalue weighted by Crippen LogP contribution is 2.39. The summed E-state index contributed by atoms with van der Waals surface area (Å²) in [4.78, 5) is 38.3. The molecule has 0 saturated carbocycles. The van der Waals surface area contributed by atoms with Gasteiger partial charge in [0.15, 0.2) is 18.3 Å². The number of aliphatic hydroxyl groups excluding tert-OH is 5. The zero-order valence-corrected chi connectivity index (χ0v) is 27.9. The molecule has 2 rings (SSSR count). The normalized spacial score (nSPS) is 31.3. The highest BCUT2D eigenvalue weighted by molar-refractivity contribution is 5.72. The Morgan fingerprint density at radius 2 is 1.26 bits per heavy atom. The molecule has 2 fully saturated rings. The average molecular weight is 665 g/mol. The molecule has 2 aliphatic heterocycles. The SMILES string of the molecule is CCCCCCCCCCCC(=O)O[C@H]1[C@@H](O[C@]2(CO)O[C@H](CO)[C@H](O)[C@@H]2OC(=O)C(C)C)O[C@H](CO)[C@@H](O)[C@@H]1OC(=O)C(C)C. The molecule has 0 aromatic carbocycles. The molecular weight excluding hydrogens is 608 g/mol. The van der Waals surface area contributed by atoms with E-state index in [0.29, 0.717) is 6.42 Å². The van der Waals surface area contributed by atoms with Crippen LogP contribution in [0.15, 0.2) is 0 Å². The van der Waals surface area contributed by atoms with Crippen molar-refractivity contribution in [3.63, 3.8) is 0 Å². The lowest BCUT2D eigenvalue weighted by Crippen LogP contribution is -2.65. The van der Waals surface area contributed by atoms with Crippen LogP contribution in [0.1, 0.15) is 98.8 Å². The van der Waals surface area contributed by atoms with Crippen LogP contribution in [0.25, 0.3) is 0 Å². The Balaban J connectivity index is 2.31. The van der Waals surface area contributed by atoms with Gasteiger partial charge in [-0.05, 0) is 6.42 Å². The maximum atomic E-state index is 13.1. The van der Waals surface area contributed by atoms with Crippen molar-refractivity contribution in [2.75, 3.05) is 19.8 Å². The monoisotopic (exact) mass is 664 g/mol. The first-order chi connectivity index (χ1) is 21.8. The summed E-state index contributed by atoms with van der Waals surface area (Å²) < 4.78 is 34.1. The molecule has 5 N–H and O–H groups in total. The summed E-state index contributed by atoms with van der Waals surface area (Å²) in [5.41, 5.74) is 0. The van der Waals surface area contributed by atoms with E-state index < -0.39 is 104 Å². The van der Waals surface area contributed by atoms with Crippen molar-refractivity contribution >= 4 is 17.9 Å². The van der Waals surface area contributed by atoms with E-state index in [4.69, 9.17) is 28.4 Å². The van der Waals surface area contributed by atoms with Crippen LogP contribution in [0.2, 0.25) is 0 Å². The highest BCUT2D eigenvalue weighted by atomic mass is 16.8. The lowest BCUT2D eigenvalue weighted by Gasteiger charge is -2.45. The molecule has 0 unspecified atom stereocenters. The number of rotatable bonds is 20. The summed E-state index contributed by atoms with van der Waals surface area (Å²) in [6, 6.07) is 0. The van der Waals surface area contributed by atoms with E-state index in [9.17, 15) is 39.9 Å². The van der Waals surface area contributed by atoms with Gasteiger partial charge in [-0.25, -0.2) is 0 Å². The van der Waals surface area contributed by atoms with Crippen molar-refractivity contribution in [3.8, 4) is 0 Å². The lowest BCUT2D eigenvalue weighted by atomic mass is 9.97. The van der Waals surface area contributed by atoms with Crippen molar-refractivity contribution in [1.29, 1.82) is 0 Å². The number of hydrogen-bond acceptors (Lipinski definition) is 14. The molecule has 0 amide bonds. The van der Waals surface area contributed by atoms with Gasteiger partial charge < -0.3 is 54.0 Å². The molecule has 0 radical (unpaired) electrons. The predicted octanol–water partition coefficient (Wildman–Crippen LogP) is 1.49. The predicted molar refractivity (Wildman–Crippen MR) is 162 cm³/mol. The largest absolute Gasteiger partial charge is 0.455 e. The molecule has 2 aliphatic rings. The maximum absolute atomic E-state index is 13.1. The van der Waals surface area contributed by atoms with Gasteiger partial charge in [0.25, 0.3) is 0 Å². The van der Waals surface area contributed by atoms with Gasteiger partial charge in [0.2, 0.25) is 12.1 Å². The number of carbonyl (C=O) groups excluding carboxylic acids is 3. The Morgan fingerprint density at radius 3 is 1.78 bits per heavy atom. The molecule has 2 heterocycles. The average Bonchev–Trinajstić information content (AvgIpc) is 3.28. The van der Waals surface area contributed by atoms with Gasteiger partial charge in [-0.3, -0.25) is 14.4 Å². The van der Waals surface area contributed by atoms with Crippen LogP contribution in [0.3, 0.4) is 0 Å². The summed E-state index contributed by atoms with van der Waals surface area (Å²) >= 11 is 0. The molecular formula is C32H56O14. The first-order valence-corrected chi connectivity index (χ1v) is 16.7. The standard InChI is InChI=1S/C32H56O14/c1-6-7-8-9-10-11-12-13-14-15-23(36)42-27-26(43-29(39)19(2)3)24(37)21(16-33)41-31(27)46-32(18-35)28(44-30(40)20(4)5)25(38)22(17-34)45-32/h19-22,24-28,31,33-35,37-38H,6-18H2,1-5H3/t21-,22-,24-,25+,26+,27-,28+,31-,32+/m1/s1. The fraction of sp³-hybridized carbons (Fsp3) is 0.906. The number of hydrogen-bond donors (Lipinski definition) is 5. The fourth-order valence-electron chi connectivity index (χ4n) is 5.33. The Hall–Kier alpha value is -1.91. The van der Waals surface area contributed by atoms with Crippen LogP contribution in [0.5, 0.6) is 0 Å². The molecule has 268 valence electrons. The summed E-state index contributed by atoms with van der Waals surface area (Å²) in [5.74, 6) is -5.84. The summed E-state index contributed by atoms with van der Waals surface area (Å²) in [6.07, 6.45) is -3.49. The van der Waals surface area contributed by atoms with E-state index in [0.717, 1.165) is 25.7 Å². The second kappa shape index (κ2) is 19.8. The quantitative estimate of drug-likeness (QED) is 0.0710. The van der Waals surface area contributed by atoms with Crippen molar-refractivity contribution in [2.45, 2.75) is 154 Å². The van der Waals surface area contributed by atoms with Crippen molar-refractivity contribution < 1.29 is 68.3 Å². The molecule has 9 atom stereocenters. The number of carbonyl (C=O) groups is 3. The third-order valence-electron chi connectivity index (χ3n) is 8.18. The van der Waals surface area contributed by atoms with E-state index in [1.165, 1.54) is 25.7 Å². The van der Waals surface area contributed by atoms with Crippen LogP contribution < -0.4 is 0 Å². The molecule has 2 saturated heterocycles. The maximum Gasteiger partial charge on any atom is 0.308 e. The smallest absolute Gasteiger partial charge is 0.308 e. The minimum atomic E-state index is -2.35. The zero-order chi connectivity index (χ0) is 34.4. The summed E-state index contributed by atoms with van der Waals surface area (Å²) in [5, 5.41) is 52.1. The van der Waals surface area contributed by atoms with Gasteiger partial charge in [-0.2, -0.15) is 0 Å². The Morgan fingerprint density at radius 1 is 0.717 bits per heavy atom. The van der Waals surface area contributed by atoms with E-state index in [-0.39, 0.29) is 6.42 Å². The third-order valence-corrected chi connectivity index (χ3v) is 8.18. The van der Waals surface area contributed by atoms with Crippen LogP contribution in [0, 0.1) is 11.8 Å². The van der Waals surface area contributed by atoms with Gasteiger partial charge in [0, 0.05) is 6.42 Å². The van der Waals surface area contributed by atoms with Crippen LogP contribution in [0.4, 0.5) is 0 Å². The molecule has 0 aliphatic carbocycles. The van der Waals surface area contributed by atoms with E-state index in [1.54, 1.807) is 27.7 Å². The number of unbranched alkanes of at least 4 members (excludes halogenated alkanes) is 8. The first kappa shape index (κ1) is 40.3. The third kappa shape index (κ3) is 11.1. The van der Waals surface area contributed by atoms with Crippen LogP contribution in [-0.2, 0) is 42.8 Å². The van der Waals surface area contributed by atoms with Gasteiger partial charge in [0.05, 0.1) is 25.0 Å². The second-order valence-electron chi connectivity index (χ2n) is 12.7. The van der Waals surface area contributed by atoms with Crippen molar-refractivity contribution in [1.82, 2.24) is 0 Å². The van der Waals surface area contributed by atoms with Crippen molar-refractivity contribution in [3.05, 3.63) is 0 Å². The second-order valence-corrected chi connectivity index (χ2v) is 12.7. The number of ether oxygens (including phenoxy) is 6. The van der Waals surface area contributed by atoms with E-state index in [2.05, 4.69) is 6.92 Å². The molecule has 0 aromatic heterocycles.